The van der Waals surface area contributed by atoms with E-state index in [9.17, 15) is 0 Å². The van der Waals surface area contributed by atoms with Crippen LogP contribution in [-0.4, -0.2) is 16.6 Å². The molecule has 0 aliphatic heterocycles. The van der Waals surface area contributed by atoms with Crippen LogP contribution in [-0.2, 0) is 12.8 Å². The van der Waals surface area contributed by atoms with Gasteiger partial charge in [0.25, 0.3) is 0 Å². The molecule has 0 spiro atoms. The first-order valence-corrected chi connectivity index (χ1v) is 13.3. The van der Waals surface area contributed by atoms with Crippen molar-refractivity contribution in [1.29, 1.82) is 0 Å². The summed E-state index contributed by atoms with van der Waals surface area (Å²) in [6.07, 6.45) is 21.7. The Balaban J connectivity index is 1.34. The molecule has 0 bridgehead atoms. The molecule has 1 aromatic carbocycles. The smallest absolute Gasteiger partial charge is 0.131 e. The van der Waals surface area contributed by atoms with Crippen molar-refractivity contribution in [1.82, 2.24) is 9.97 Å². The Hall–Kier alpha value is -1.90. The number of rotatable bonds is 14. The molecule has 1 aliphatic rings. The molecule has 0 radical (unpaired) electrons. The second-order valence-electron chi connectivity index (χ2n) is 9.74. The molecule has 2 aromatic rings. The molecule has 0 N–H and O–H groups in total. The first kappa shape index (κ1) is 24.7. The van der Waals surface area contributed by atoms with Crippen LogP contribution in [0.15, 0.2) is 36.7 Å². The topological polar surface area (TPSA) is 35.0 Å². The lowest BCUT2D eigenvalue weighted by atomic mass is 9.82. The Morgan fingerprint density at radius 1 is 0.719 bits per heavy atom. The van der Waals surface area contributed by atoms with Gasteiger partial charge in [-0.05, 0) is 80.5 Å². The second-order valence-corrected chi connectivity index (χ2v) is 9.74. The molecule has 3 rings (SSSR count). The number of nitrogens with zero attached hydrogens (tertiary/aromatic N) is 2. The van der Waals surface area contributed by atoms with Crippen LogP contribution in [0.2, 0.25) is 0 Å². The minimum Gasteiger partial charge on any atom is -0.493 e. The van der Waals surface area contributed by atoms with Crippen molar-refractivity contribution in [3.8, 4) is 5.75 Å². The maximum atomic E-state index is 6.11. The first-order valence-electron chi connectivity index (χ1n) is 13.3. The summed E-state index contributed by atoms with van der Waals surface area (Å²) in [5.74, 6) is 3.24. The van der Waals surface area contributed by atoms with Crippen LogP contribution < -0.4 is 4.74 Å². The van der Waals surface area contributed by atoms with Gasteiger partial charge in [0.05, 0.1) is 6.61 Å². The average Bonchev–Trinajstić information content (AvgIpc) is 2.84. The van der Waals surface area contributed by atoms with Crippen molar-refractivity contribution in [3.63, 3.8) is 0 Å². The van der Waals surface area contributed by atoms with Gasteiger partial charge >= 0.3 is 0 Å². The second kappa shape index (κ2) is 14.3. The third-order valence-electron chi connectivity index (χ3n) is 6.98. The zero-order valence-electron chi connectivity index (χ0n) is 20.5. The number of aryl methyl sites for hydroxylation is 2. The predicted molar refractivity (Wildman–Crippen MR) is 134 cm³/mol. The molecule has 0 amide bonds. The lowest BCUT2D eigenvalue weighted by Gasteiger charge is -2.27. The zero-order valence-corrected chi connectivity index (χ0v) is 20.5. The number of aromatic nitrogens is 2. The fourth-order valence-corrected chi connectivity index (χ4v) is 4.77. The summed E-state index contributed by atoms with van der Waals surface area (Å²) in [5, 5.41) is 0. The Morgan fingerprint density at radius 2 is 1.31 bits per heavy atom. The van der Waals surface area contributed by atoms with Crippen LogP contribution in [0.4, 0.5) is 0 Å². The summed E-state index contributed by atoms with van der Waals surface area (Å²) in [6, 6.07) is 8.75. The monoisotopic (exact) mass is 436 g/mol. The molecular formula is C29H44N2O. The molecule has 32 heavy (non-hydrogen) atoms. The summed E-state index contributed by atoms with van der Waals surface area (Å²) >= 11 is 0. The molecule has 0 unspecified atom stereocenters. The molecule has 3 nitrogen and oxygen atoms in total. The van der Waals surface area contributed by atoms with Crippen LogP contribution in [0.5, 0.6) is 5.75 Å². The van der Waals surface area contributed by atoms with Crippen molar-refractivity contribution in [2.75, 3.05) is 6.61 Å². The van der Waals surface area contributed by atoms with Crippen LogP contribution in [0, 0.1) is 5.92 Å². The van der Waals surface area contributed by atoms with Crippen LogP contribution >= 0.6 is 0 Å². The van der Waals surface area contributed by atoms with E-state index in [0.29, 0.717) is 11.8 Å². The molecule has 1 fully saturated rings. The number of benzene rings is 1. The predicted octanol–water partition coefficient (Wildman–Crippen LogP) is 8.08. The molecule has 1 saturated carbocycles. The van der Waals surface area contributed by atoms with Gasteiger partial charge in [0, 0.05) is 18.3 Å². The van der Waals surface area contributed by atoms with Crippen molar-refractivity contribution in [2.45, 2.75) is 110 Å². The van der Waals surface area contributed by atoms with E-state index in [4.69, 9.17) is 14.7 Å². The Bertz CT molecular complexity index is 733. The van der Waals surface area contributed by atoms with E-state index < -0.39 is 0 Å². The van der Waals surface area contributed by atoms with Crippen molar-refractivity contribution < 1.29 is 4.74 Å². The van der Waals surface area contributed by atoms with Crippen LogP contribution in [0.1, 0.15) is 114 Å². The maximum Gasteiger partial charge on any atom is 0.131 e. The van der Waals surface area contributed by atoms with E-state index >= 15 is 0 Å². The molecule has 1 aromatic heterocycles. The minimum atomic E-state index is 0.521. The standard InChI is InChI=1S/C29H44N2O/c1-3-5-7-8-10-12-26-21-30-29(31-22-26)27-17-13-25(14-18-27)23-32-28-19-15-24(16-20-28)11-9-6-4-2/h15-16,19-22,25,27H,3-14,17-18,23H2,1-2H3. The highest BCUT2D eigenvalue weighted by atomic mass is 16.5. The molecule has 0 atom stereocenters. The van der Waals surface area contributed by atoms with Gasteiger partial charge < -0.3 is 4.74 Å². The van der Waals surface area contributed by atoms with Gasteiger partial charge in [-0.2, -0.15) is 0 Å². The number of unbranched alkanes of at least 4 members (excludes halogenated alkanes) is 6. The SMILES string of the molecule is CCCCCCCc1cnc(C2CCC(COc3ccc(CCCCC)cc3)CC2)nc1. The summed E-state index contributed by atoms with van der Waals surface area (Å²) < 4.78 is 6.11. The van der Waals surface area contributed by atoms with Gasteiger partial charge in [-0.15, -0.1) is 0 Å². The van der Waals surface area contributed by atoms with E-state index in [1.807, 2.05) is 0 Å². The summed E-state index contributed by atoms with van der Waals surface area (Å²) in [7, 11) is 0. The molecule has 1 heterocycles. The fourth-order valence-electron chi connectivity index (χ4n) is 4.77. The molecule has 0 saturated heterocycles. The first-order chi connectivity index (χ1) is 15.8. The molecule has 176 valence electrons. The molecule has 3 heteroatoms. The highest BCUT2D eigenvalue weighted by Crippen LogP contribution is 2.34. The summed E-state index contributed by atoms with van der Waals surface area (Å²) in [4.78, 5) is 9.46. The van der Waals surface area contributed by atoms with Crippen LogP contribution in [0.25, 0.3) is 0 Å². The number of ether oxygens (including phenoxy) is 1. The van der Waals surface area contributed by atoms with Crippen LogP contribution in [0.3, 0.4) is 0 Å². The van der Waals surface area contributed by atoms with E-state index in [1.54, 1.807) is 0 Å². The van der Waals surface area contributed by atoms with E-state index in [2.05, 4.69) is 50.5 Å². The third kappa shape index (κ3) is 8.56. The molecular weight excluding hydrogens is 392 g/mol. The fraction of sp³-hybridized carbons (Fsp3) is 0.655. The normalized spacial score (nSPS) is 18.6. The van der Waals surface area contributed by atoms with Gasteiger partial charge in [0.2, 0.25) is 0 Å². The Morgan fingerprint density at radius 3 is 2.00 bits per heavy atom. The maximum absolute atomic E-state index is 6.11. The lowest BCUT2D eigenvalue weighted by Crippen LogP contribution is -2.20. The number of hydrogen-bond donors (Lipinski definition) is 0. The molecule has 1 aliphatic carbocycles. The third-order valence-corrected chi connectivity index (χ3v) is 6.98. The van der Waals surface area contributed by atoms with Gasteiger partial charge in [-0.3, -0.25) is 0 Å². The minimum absolute atomic E-state index is 0.521. The highest BCUT2D eigenvalue weighted by Gasteiger charge is 2.24. The average molecular weight is 437 g/mol. The highest BCUT2D eigenvalue weighted by molar-refractivity contribution is 5.27. The summed E-state index contributed by atoms with van der Waals surface area (Å²) in [5.41, 5.74) is 2.72. The quantitative estimate of drug-likeness (QED) is 0.281. The van der Waals surface area contributed by atoms with Gasteiger partial charge in [-0.25, -0.2) is 9.97 Å². The van der Waals surface area contributed by atoms with E-state index in [1.165, 1.54) is 94.6 Å². The van der Waals surface area contributed by atoms with Gasteiger partial charge in [0.1, 0.15) is 11.6 Å². The Labute approximate surface area is 196 Å². The van der Waals surface area contributed by atoms with Gasteiger partial charge in [-0.1, -0.05) is 64.5 Å². The van der Waals surface area contributed by atoms with E-state index in [-0.39, 0.29) is 0 Å². The Kier molecular flexibility index (Phi) is 11.0. The largest absolute Gasteiger partial charge is 0.493 e. The zero-order chi connectivity index (χ0) is 22.4. The number of hydrogen-bond acceptors (Lipinski definition) is 3. The van der Waals surface area contributed by atoms with Gasteiger partial charge in [0.15, 0.2) is 0 Å². The van der Waals surface area contributed by atoms with E-state index in [0.717, 1.165) is 24.6 Å². The lowest BCUT2D eigenvalue weighted by molar-refractivity contribution is 0.198. The van der Waals surface area contributed by atoms with Crippen molar-refractivity contribution in [3.05, 3.63) is 53.6 Å². The summed E-state index contributed by atoms with van der Waals surface area (Å²) in [6.45, 7) is 5.35. The van der Waals surface area contributed by atoms with Crippen molar-refractivity contribution in [2.24, 2.45) is 5.92 Å². The van der Waals surface area contributed by atoms with Crippen molar-refractivity contribution >= 4 is 0 Å².